The van der Waals surface area contributed by atoms with Gasteiger partial charge in [-0.15, -0.1) is 11.8 Å². The topological polar surface area (TPSA) is 67.4 Å². The van der Waals surface area contributed by atoms with Crippen LogP contribution in [0.15, 0.2) is 42.5 Å². The number of methoxy groups -OCH3 is 1. The molecule has 2 aromatic rings. The number of ether oxygens (including phenoxy) is 1. The van der Waals surface area contributed by atoms with Crippen molar-refractivity contribution in [2.75, 3.05) is 23.5 Å². The van der Waals surface area contributed by atoms with Gasteiger partial charge in [-0.2, -0.15) is 0 Å². The first kappa shape index (κ1) is 20.4. The maximum Gasteiger partial charge on any atom is 0.237 e. The fraction of sp³-hybridized carbons (Fsp3) is 0.222. The van der Waals surface area contributed by atoms with Crippen LogP contribution in [0.4, 0.5) is 11.4 Å². The van der Waals surface area contributed by atoms with Crippen molar-refractivity contribution >= 4 is 58.2 Å². The number of carbonyl (C=O) groups excluding carboxylic acids is 2. The SMILES string of the molecule is COc1ccc(NC(=O)CS[C@@H](C)C(=O)Nc2cc(Cl)ccc2Cl)cc1. The zero-order valence-electron chi connectivity index (χ0n) is 14.2. The standard InChI is InChI=1S/C18H18Cl2N2O3S/c1-11(18(24)22-16-9-12(19)3-8-15(16)20)26-10-17(23)21-13-4-6-14(25-2)7-5-13/h3-9,11H,10H2,1-2H3,(H,21,23)(H,22,24)/t11-/m0/s1. The molecule has 0 heterocycles. The number of rotatable bonds is 7. The van der Waals surface area contributed by atoms with E-state index in [-0.39, 0.29) is 17.6 Å². The second-order valence-corrected chi connectivity index (χ2v) is 7.52. The van der Waals surface area contributed by atoms with Gasteiger partial charge in [0, 0.05) is 10.7 Å². The summed E-state index contributed by atoms with van der Waals surface area (Å²) in [6, 6.07) is 11.8. The largest absolute Gasteiger partial charge is 0.497 e. The van der Waals surface area contributed by atoms with Gasteiger partial charge in [-0.1, -0.05) is 23.2 Å². The Kier molecular flexibility index (Phi) is 7.63. The van der Waals surface area contributed by atoms with Crippen molar-refractivity contribution in [1.82, 2.24) is 0 Å². The Bertz CT molecular complexity index is 785. The van der Waals surface area contributed by atoms with Gasteiger partial charge < -0.3 is 15.4 Å². The second kappa shape index (κ2) is 9.71. The number of amides is 2. The van der Waals surface area contributed by atoms with E-state index in [2.05, 4.69) is 10.6 Å². The van der Waals surface area contributed by atoms with Crippen LogP contribution in [0.1, 0.15) is 6.92 Å². The molecule has 0 unspecified atom stereocenters. The molecule has 0 bridgehead atoms. The molecule has 2 aromatic carbocycles. The maximum atomic E-state index is 12.2. The number of thioether (sulfide) groups is 1. The summed E-state index contributed by atoms with van der Waals surface area (Å²) >= 11 is 13.2. The van der Waals surface area contributed by atoms with Crippen LogP contribution in [-0.2, 0) is 9.59 Å². The summed E-state index contributed by atoms with van der Waals surface area (Å²) in [4.78, 5) is 24.3. The van der Waals surface area contributed by atoms with Gasteiger partial charge in [0.25, 0.3) is 0 Å². The molecule has 0 aliphatic carbocycles. The number of nitrogens with one attached hydrogen (secondary N) is 2. The predicted octanol–water partition coefficient (Wildman–Crippen LogP) is 4.70. The van der Waals surface area contributed by atoms with E-state index in [1.807, 2.05) is 0 Å². The number of halogens is 2. The van der Waals surface area contributed by atoms with Gasteiger partial charge in [0.05, 0.1) is 28.8 Å². The van der Waals surface area contributed by atoms with Gasteiger partial charge in [-0.3, -0.25) is 9.59 Å². The normalized spacial score (nSPS) is 11.5. The summed E-state index contributed by atoms with van der Waals surface area (Å²) < 4.78 is 5.07. The van der Waals surface area contributed by atoms with Gasteiger partial charge in [-0.05, 0) is 49.4 Å². The first-order valence-electron chi connectivity index (χ1n) is 7.70. The highest BCUT2D eigenvalue weighted by Gasteiger charge is 2.17. The van der Waals surface area contributed by atoms with Crippen molar-refractivity contribution in [3.8, 4) is 5.75 Å². The minimum Gasteiger partial charge on any atom is -0.497 e. The third-order valence-corrected chi connectivity index (χ3v) is 5.10. The van der Waals surface area contributed by atoms with Gasteiger partial charge >= 0.3 is 0 Å². The Labute approximate surface area is 166 Å². The zero-order chi connectivity index (χ0) is 19.1. The van der Waals surface area contributed by atoms with Gasteiger partial charge in [0.1, 0.15) is 5.75 Å². The van der Waals surface area contributed by atoms with Crippen LogP contribution < -0.4 is 15.4 Å². The first-order valence-corrected chi connectivity index (χ1v) is 9.51. The quantitative estimate of drug-likeness (QED) is 0.691. The molecule has 5 nitrogen and oxygen atoms in total. The molecule has 1 atom stereocenters. The Hall–Kier alpha value is -1.89. The van der Waals surface area contributed by atoms with Gasteiger partial charge in [0.2, 0.25) is 11.8 Å². The molecule has 2 amide bonds. The summed E-state index contributed by atoms with van der Waals surface area (Å²) in [5.41, 5.74) is 1.11. The highest BCUT2D eigenvalue weighted by Crippen LogP contribution is 2.26. The highest BCUT2D eigenvalue weighted by atomic mass is 35.5. The number of benzene rings is 2. The van der Waals surface area contributed by atoms with Crippen LogP contribution in [0.25, 0.3) is 0 Å². The van der Waals surface area contributed by atoms with Crippen molar-refractivity contribution in [2.24, 2.45) is 0 Å². The van der Waals surface area contributed by atoms with E-state index < -0.39 is 5.25 Å². The van der Waals surface area contributed by atoms with E-state index in [0.29, 0.717) is 27.2 Å². The summed E-state index contributed by atoms with van der Waals surface area (Å²) in [5.74, 6) is 0.406. The van der Waals surface area contributed by atoms with E-state index in [1.54, 1.807) is 56.5 Å². The lowest BCUT2D eigenvalue weighted by Gasteiger charge is -2.13. The molecule has 0 saturated carbocycles. The van der Waals surface area contributed by atoms with Crippen LogP contribution in [-0.4, -0.2) is 29.9 Å². The summed E-state index contributed by atoms with van der Waals surface area (Å²) in [5, 5.41) is 5.92. The molecule has 138 valence electrons. The van der Waals surface area contributed by atoms with E-state index in [1.165, 1.54) is 11.8 Å². The van der Waals surface area contributed by atoms with Crippen LogP contribution in [0.5, 0.6) is 5.75 Å². The summed E-state index contributed by atoms with van der Waals surface area (Å²) in [6.45, 7) is 1.72. The molecule has 0 aliphatic rings. The second-order valence-electron chi connectivity index (χ2n) is 5.34. The van der Waals surface area contributed by atoms with Crippen molar-refractivity contribution in [2.45, 2.75) is 12.2 Å². The third kappa shape index (κ3) is 6.12. The Morgan fingerprint density at radius 2 is 1.81 bits per heavy atom. The minimum absolute atomic E-state index is 0.143. The molecular formula is C18H18Cl2N2O3S. The molecule has 0 spiro atoms. The average molecular weight is 413 g/mol. The lowest BCUT2D eigenvalue weighted by molar-refractivity contribution is -0.115. The number of hydrogen-bond donors (Lipinski definition) is 2. The van der Waals surface area contributed by atoms with Gasteiger partial charge in [-0.25, -0.2) is 0 Å². The molecule has 2 rings (SSSR count). The van der Waals surface area contributed by atoms with Crippen LogP contribution in [0, 0.1) is 0 Å². The van der Waals surface area contributed by atoms with E-state index >= 15 is 0 Å². The lowest BCUT2D eigenvalue weighted by Crippen LogP contribution is -2.25. The lowest BCUT2D eigenvalue weighted by atomic mass is 10.3. The smallest absolute Gasteiger partial charge is 0.237 e. The molecule has 8 heteroatoms. The Morgan fingerprint density at radius 1 is 1.12 bits per heavy atom. The van der Waals surface area contributed by atoms with E-state index in [4.69, 9.17) is 27.9 Å². The fourth-order valence-corrected chi connectivity index (χ4v) is 3.00. The number of carbonyl (C=O) groups is 2. The molecule has 0 radical (unpaired) electrons. The molecular weight excluding hydrogens is 395 g/mol. The Balaban J connectivity index is 1.82. The van der Waals surface area contributed by atoms with Crippen molar-refractivity contribution < 1.29 is 14.3 Å². The zero-order valence-corrected chi connectivity index (χ0v) is 16.5. The minimum atomic E-state index is -0.438. The van der Waals surface area contributed by atoms with Gasteiger partial charge in [0.15, 0.2) is 0 Å². The maximum absolute atomic E-state index is 12.2. The highest BCUT2D eigenvalue weighted by molar-refractivity contribution is 8.01. The van der Waals surface area contributed by atoms with Crippen molar-refractivity contribution in [3.05, 3.63) is 52.5 Å². The van der Waals surface area contributed by atoms with Crippen molar-refractivity contribution in [1.29, 1.82) is 0 Å². The molecule has 2 N–H and O–H groups in total. The van der Waals surface area contributed by atoms with Crippen LogP contribution >= 0.6 is 35.0 Å². The van der Waals surface area contributed by atoms with Crippen LogP contribution in [0.3, 0.4) is 0 Å². The van der Waals surface area contributed by atoms with E-state index in [9.17, 15) is 9.59 Å². The molecule has 26 heavy (non-hydrogen) atoms. The summed E-state index contributed by atoms with van der Waals surface area (Å²) in [6.07, 6.45) is 0. The molecule has 0 aliphatic heterocycles. The predicted molar refractivity (Wildman–Crippen MR) is 109 cm³/mol. The fourth-order valence-electron chi connectivity index (χ4n) is 1.98. The molecule has 0 saturated heterocycles. The molecule has 0 fully saturated rings. The van der Waals surface area contributed by atoms with Crippen molar-refractivity contribution in [3.63, 3.8) is 0 Å². The monoisotopic (exact) mass is 412 g/mol. The van der Waals surface area contributed by atoms with E-state index in [0.717, 1.165) is 0 Å². The summed E-state index contributed by atoms with van der Waals surface area (Å²) in [7, 11) is 1.58. The first-order chi connectivity index (χ1) is 12.4. The van der Waals surface area contributed by atoms with Crippen LogP contribution in [0.2, 0.25) is 10.0 Å². The third-order valence-electron chi connectivity index (χ3n) is 3.39. The molecule has 0 aromatic heterocycles. The number of anilines is 2. The number of hydrogen-bond acceptors (Lipinski definition) is 4. The average Bonchev–Trinajstić information content (AvgIpc) is 2.63. The Morgan fingerprint density at radius 3 is 2.46 bits per heavy atom.